The van der Waals surface area contributed by atoms with Crippen molar-refractivity contribution in [1.29, 1.82) is 0 Å². The number of fused-ring (bicyclic) bond motifs is 1. The normalized spacial score (nSPS) is 22.4. The van der Waals surface area contributed by atoms with E-state index in [1.165, 1.54) is 0 Å². The molecule has 1 fully saturated rings. The summed E-state index contributed by atoms with van der Waals surface area (Å²) in [6.07, 6.45) is 1.85. The van der Waals surface area contributed by atoms with Crippen LogP contribution in [0.5, 0.6) is 0 Å². The van der Waals surface area contributed by atoms with Gasteiger partial charge in [-0.25, -0.2) is 4.79 Å². The predicted octanol–water partition coefficient (Wildman–Crippen LogP) is 1.29. The molecular weight excluding hydrogens is 244 g/mol. The second-order valence-electron chi connectivity index (χ2n) is 4.61. The van der Waals surface area contributed by atoms with Crippen molar-refractivity contribution in [3.05, 3.63) is 42.1 Å². The van der Waals surface area contributed by atoms with E-state index in [4.69, 9.17) is 0 Å². The van der Waals surface area contributed by atoms with Crippen LogP contribution in [0.25, 0.3) is 10.9 Å². The number of aromatic nitrogens is 1. The van der Waals surface area contributed by atoms with Crippen LogP contribution in [0.1, 0.15) is 17.9 Å². The number of hydrogen-bond acceptors (Lipinski definition) is 3. The summed E-state index contributed by atoms with van der Waals surface area (Å²) in [4.78, 5) is 27.0. The third-order valence-electron chi connectivity index (χ3n) is 3.47. The van der Waals surface area contributed by atoms with Crippen molar-refractivity contribution < 1.29 is 14.7 Å². The summed E-state index contributed by atoms with van der Waals surface area (Å²) in [5.41, 5.74) is 1.67. The van der Waals surface area contributed by atoms with Gasteiger partial charge < -0.3 is 10.4 Å². The molecule has 1 amide bonds. The number of para-hydroxylation sites is 1. The van der Waals surface area contributed by atoms with Crippen molar-refractivity contribution >= 4 is 22.8 Å². The number of amides is 1. The highest BCUT2D eigenvalue weighted by Gasteiger charge is 2.39. The molecule has 1 saturated heterocycles. The number of carbonyl (C=O) groups excluding carboxylic acids is 1. The molecule has 3 rings (SSSR count). The summed E-state index contributed by atoms with van der Waals surface area (Å²) in [6.45, 7) is 0. The van der Waals surface area contributed by atoms with Gasteiger partial charge >= 0.3 is 5.97 Å². The van der Waals surface area contributed by atoms with Gasteiger partial charge in [0.1, 0.15) is 6.04 Å². The van der Waals surface area contributed by atoms with Gasteiger partial charge in [-0.3, -0.25) is 9.78 Å². The zero-order chi connectivity index (χ0) is 13.4. The number of nitrogens with zero attached hydrogens (tertiary/aromatic N) is 1. The summed E-state index contributed by atoms with van der Waals surface area (Å²) in [6, 6.07) is 8.47. The van der Waals surface area contributed by atoms with Gasteiger partial charge in [-0.1, -0.05) is 18.2 Å². The van der Waals surface area contributed by atoms with Crippen molar-refractivity contribution in [2.45, 2.75) is 18.4 Å². The predicted molar refractivity (Wildman–Crippen MR) is 68.7 cm³/mol. The molecule has 2 unspecified atom stereocenters. The Bertz CT molecular complexity index is 663. The number of benzene rings is 1. The first-order chi connectivity index (χ1) is 9.16. The lowest BCUT2D eigenvalue weighted by Gasteiger charge is -2.16. The molecule has 0 radical (unpaired) electrons. The van der Waals surface area contributed by atoms with Crippen LogP contribution >= 0.6 is 0 Å². The number of pyridine rings is 1. The third-order valence-corrected chi connectivity index (χ3v) is 3.47. The number of hydrogen-bond donors (Lipinski definition) is 2. The Kier molecular flexibility index (Phi) is 2.67. The van der Waals surface area contributed by atoms with Crippen LogP contribution in [0.2, 0.25) is 0 Å². The molecule has 19 heavy (non-hydrogen) atoms. The molecule has 0 saturated carbocycles. The van der Waals surface area contributed by atoms with Crippen LogP contribution in [0, 0.1) is 0 Å². The summed E-state index contributed by atoms with van der Waals surface area (Å²) in [5, 5.41) is 12.6. The maximum absolute atomic E-state index is 11.5. The van der Waals surface area contributed by atoms with E-state index in [9.17, 15) is 14.7 Å². The molecule has 2 atom stereocenters. The number of nitrogens with one attached hydrogen (secondary N) is 1. The highest BCUT2D eigenvalue weighted by molar-refractivity contribution is 5.92. The third kappa shape index (κ3) is 1.93. The van der Waals surface area contributed by atoms with Gasteiger partial charge in [0.05, 0.1) is 5.52 Å². The molecular formula is C14H12N2O3. The molecule has 1 aromatic carbocycles. The highest BCUT2D eigenvalue weighted by atomic mass is 16.4. The lowest BCUT2D eigenvalue weighted by Crippen LogP contribution is -2.36. The highest BCUT2D eigenvalue weighted by Crippen LogP contribution is 2.32. The van der Waals surface area contributed by atoms with Gasteiger partial charge in [0, 0.05) is 23.9 Å². The molecule has 2 heterocycles. The Labute approximate surface area is 109 Å². The minimum Gasteiger partial charge on any atom is -0.480 e. The van der Waals surface area contributed by atoms with E-state index in [1.54, 1.807) is 12.3 Å². The maximum Gasteiger partial charge on any atom is 0.326 e. The Morgan fingerprint density at radius 1 is 1.32 bits per heavy atom. The molecule has 1 aliphatic rings. The van der Waals surface area contributed by atoms with Crippen LogP contribution in [-0.4, -0.2) is 28.0 Å². The van der Waals surface area contributed by atoms with Crippen LogP contribution in [0.4, 0.5) is 0 Å². The zero-order valence-electron chi connectivity index (χ0n) is 10.0. The first-order valence-corrected chi connectivity index (χ1v) is 6.02. The number of aliphatic carboxylic acids is 1. The lowest BCUT2D eigenvalue weighted by atomic mass is 9.89. The van der Waals surface area contributed by atoms with Crippen molar-refractivity contribution in [1.82, 2.24) is 10.3 Å². The molecule has 5 nitrogen and oxygen atoms in total. The Hall–Kier alpha value is -2.43. The zero-order valence-corrected chi connectivity index (χ0v) is 10.0. The van der Waals surface area contributed by atoms with Crippen LogP contribution < -0.4 is 5.32 Å². The minimum atomic E-state index is -1.00. The molecule has 96 valence electrons. The van der Waals surface area contributed by atoms with E-state index in [0.29, 0.717) is 0 Å². The SMILES string of the molecule is O=C1CC(c2ccnc3ccccc23)C(C(=O)O)N1. The number of carboxylic acids is 1. The van der Waals surface area contributed by atoms with Gasteiger partial charge in [-0.05, 0) is 17.7 Å². The van der Waals surface area contributed by atoms with E-state index in [2.05, 4.69) is 10.3 Å². The van der Waals surface area contributed by atoms with E-state index >= 15 is 0 Å². The second kappa shape index (κ2) is 4.35. The smallest absolute Gasteiger partial charge is 0.326 e. The van der Waals surface area contributed by atoms with Gasteiger partial charge in [0.15, 0.2) is 0 Å². The fourth-order valence-corrected chi connectivity index (χ4v) is 2.62. The maximum atomic E-state index is 11.5. The van der Waals surface area contributed by atoms with Crippen LogP contribution in [-0.2, 0) is 9.59 Å². The summed E-state index contributed by atoms with van der Waals surface area (Å²) in [5.74, 6) is -1.58. The van der Waals surface area contributed by atoms with E-state index in [1.807, 2.05) is 24.3 Å². The topological polar surface area (TPSA) is 79.3 Å². The first kappa shape index (κ1) is 11.6. The molecule has 0 spiro atoms. The summed E-state index contributed by atoms with van der Waals surface area (Å²) < 4.78 is 0. The Balaban J connectivity index is 2.13. The average Bonchev–Trinajstić information content (AvgIpc) is 2.80. The van der Waals surface area contributed by atoms with E-state index < -0.39 is 12.0 Å². The van der Waals surface area contributed by atoms with Crippen molar-refractivity contribution in [2.75, 3.05) is 0 Å². The molecule has 0 aliphatic carbocycles. The minimum absolute atomic E-state index is 0.199. The van der Waals surface area contributed by atoms with Gasteiger partial charge in [0.2, 0.25) is 5.91 Å². The molecule has 2 aromatic rings. The van der Waals surface area contributed by atoms with Crippen molar-refractivity contribution in [3.8, 4) is 0 Å². The van der Waals surface area contributed by atoms with Crippen LogP contribution in [0.3, 0.4) is 0 Å². The Morgan fingerprint density at radius 2 is 2.11 bits per heavy atom. The Morgan fingerprint density at radius 3 is 2.89 bits per heavy atom. The average molecular weight is 256 g/mol. The van der Waals surface area contributed by atoms with Crippen LogP contribution in [0.15, 0.2) is 36.5 Å². The van der Waals surface area contributed by atoms with Gasteiger partial charge in [0.25, 0.3) is 0 Å². The van der Waals surface area contributed by atoms with Crippen molar-refractivity contribution in [3.63, 3.8) is 0 Å². The lowest BCUT2D eigenvalue weighted by molar-refractivity contribution is -0.140. The monoisotopic (exact) mass is 256 g/mol. The largest absolute Gasteiger partial charge is 0.480 e. The standard InChI is InChI=1S/C14H12N2O3/c17-12-7-10(13(16-12)14(18)19)8-5-6-15-11-4-2-1-3-9(8)11/h1-6,10,13H,7H2,(H,16,17)(H,18,19). The second-order valence-corrected chi connectivity index (χ2v) is 4.61. The molecule has 5 heteroatoms. The summed E-state index contributed by atoms with van der Waals surface area (Å²) in [7, 11) is 0. The number of carboxylic acid groups (broad SMARTS) is 1. The molecule has 0 bridgehead atoms. The van der Waals surface area contributed by atoms with E-state index in [-0.39, 0.29) is 18.2 Å². The fourth-order valence-electron chi connectivity index (χ4n) is 2.62. The van der Waals surface area contributed by atoms with Gasteiger partial charge in [-0.2, -0.15) is 0 Å². The molecule has 2 N–H and O–H groups in total. The van der Waals surface area contributed by atoms with Crippen molar-refractivity contribution in [2.24, 2.45) is 0 Å². The molecule has 1 aliphatic heterocycles. The molecule has 1 aromatic heterocycles. The number of rotatable bonds is 2. The summed E-state index contributed by atoms with van der Waals surface area (Å²) >= 11 is 0. The first-order valence-electron chi connectivity index (χ1n) is 6.02. The quantitative estimate of drug-likeness (QED) is 0.848. The fraction of sp³-hybridized carbons (Fsp3) is 0.214. The van der Waals surface area contributed by atoms with Gasteiger partial charge in [-0.15, -0.1) is 0 Å². The van der Waals surface area contributed by atoms with E-state index in [0.717, 1.165) is 16.5 Å². The number of carbonyl (C=O) groups is 2.